The molecule has 0 amide bonds. The molecule has 1 aromatic carbocycles. The fourth-order valence-electron chi connectivity index (χ4n) is 1.73. The summed E-state index contributed by atoms with van der Waals surface area (Å²) in [5, 5.41) is 3.26. The van der Waals surface area contributed by atoms with Crippen molar-refractivity contribution in [2.24, 2.45) is 0 Å². The van der Waals surface area contributed by atoms with Crippen LogP contribution in [-0.2, 0) is 6.54 Å². The van der Waals surface area contributed by atoms with E-state index in [1.807, 2.05) is 25.1 Å². The van der Waals surface area contributed by atoms with Crippen molar-refractivity contribution in [3.8, 4) is 5.75 Å². The molecule has 3 nitrogen and oxygen atoms in total. The molecule has 18 heavy (non-hydrogen) atoms. The van der Waals surface area contributed by atoms with Gasteiger partial charge in [0.05, 0.1) is 19.4 Å². The van der Waals surface area contributed by atoms with Crippen LogP contribution < -0.4 is 10.1 Å². The van der Waals surface area contributed by atoms with Crippen LogP contribution >= 0.6 is 0 Å². The van der Waals surface area contributed by atoms with Crippen molar-refractivity contribution in [3.63, 3.8) is 0 Å². The lowest BCUT2D eigenvalue weighted by Gasteiger charge is -2.11. The van der Waals surface area contributed by atoms with E-state index in [4.69, 9.17) is 9.15 Å². The van der Waals surface area contributed by atoms with Gasteiger partial charge in [0.1, 0.15) is 5.76 Å². The van der Waals surface area contributed by atoms with Gasteiger partial charge in [0, 0.05) is 6.54 Å². The largest absolute Gasteiger partial charge is 0.494 e. The van der Waals surface area contributed by atoms with Crippen molar-refractivity contribution in [2.45, 2.75) is 19.5 Å². The summed E-state index contributed by atoms with van der Waals surface area (Å²) in [6.07, 6.45) is 1.64. The topological polar surface area (TPSA) is 34.4 Å². The van der Waals surface area contributed by atoms with Crippen LogP contribution in [0.15, 0.2) is 41.0 Å². The van der Waals surface area contributed by atoms with Gasteiger partial charge in [-0.25, -0.2) is 4.39 Å². The maximum absolute atomic E-state index is 13.5. The average Bonchev–Trinajstić information content (AvgIpc) is 2.90. The maximum atomic E-state index is 13.5. The Morgan fingerprint density at radius 3 is 2.83 bits per heavy atom. The van der Waals surface area contributed by atoms with Gasteiger partial charge < -0.3 is 14.5 Å². The second-order valence-electron chi connectivity index (χ2n) is 4.09. The molecule has 0 saturated carbocycles. The van der Waals surface area contributed by atoms with E-state index in [9.17, 15) is 4.39 Å². The van der Waals surface area contributed by atoms with Gasteiger partial charge in [-0.15, -0.1) is 0 Å². The second kappa shape index (κ2) is 5.69. The molecule has 1 heterocycles. The van der Waals surface area contributed by atoms with E-state index in [-0.39, 0.29) is 17.6 Å². The average molecular weight is 249 g/mol. The first-order valence-electron chi connectivity index (χ1n) is 5.80. The van der Waals surface area contributed by atoms with E-state index < -0.39 is 0 Å². The number of ether oxygens (including phenoxy) is 1. The first-order valence-corrected chi connectivity index (χ1v) is 5.80. The molecular formula is C14H16FNO2. The lowest BCUT2D eigenvalue weighted by molar-refractivity contribution is 0.385. The van der Waals surface area contributed by atoms with Crippen LogP contribution in [0.4, 0.5) is 4.39 Å². The number of furan rings is 1. The number of hydrogen-bond acceptors (Lipinski definition) is 3. The predicted octanol–water partition coefficient (Wildman–Crippen LogP) is 3.28. The molecule has 96 valence electrons. The Morgan fingerprint density at radius 2 is 2.22 bits per heavy atom. The number of methoxy groups -OCH3 is 1. The standard InChI is InChI=1S/C14H16FNO2/c1-10(13-4-3-7-18-13)16-9-11-5-6-14(17-2)12(15)8-11/h3-8,10,16H,9H2,1-2H3. The van der Waals surface area contributed by atoms with Gasteiger partial charge in [-0.3, -0.25) is 0 Å². The zero-order chi connectivity index (χ0) is 13.0. The third-order valence-corrected chi connectivity index (χ3v) is 2.80. The Kier molecular flexibility index (Phi) is 3.99. The lowest BCUT2D eigenvalue weighted by atomic mass is 10.2. The number of benzene rings is 1. The summed E-state index contributed by atoms with van der Waals surface area (Å²) in [7, 11) is 1.45. The Hall–Kier alpha value is -1.81. The summed E-state index contributed by atoms with van der Waals surface area (Å²) >= 11 is 0. The Morgan fingerprint density at radius 1 is 1.39 bits per heavy atom. The number of halogens is 1. The molecule has 1 N–H and O–H groups in total. The molecule has 2 rings (SSSR count). The molecule has 0 spiro atoms. The third kappa shape index (κ3) is 2.90. The van der Waals surface area contributed by atoms with Crippen LogP contribution in [0, 0.1) is 5.82 Å². The van der Waals surface area contributed by atoms with Crippen molar-refractivity contribution in [2.75, 3.05) is 7.11 Å². The molecule has 0 fully saturated rings. The van der Waals surface area contributed by atoms with E-state index in [1.165, 1.54) is 13.2 Å². The first-order chi connectivity index (χ1) is 8.70. The highest BCUT2D eigenvalue weighted by molar-refractivity contribution is 5.29. The lowest BCUT2D eigenvalue weighted by Crippen LogP contribution is -2.17. The van der Waals surface area contributed by atoms with Crippen LogP contribution in [0.5, 0.6) is 5.75 Å². The minimum atomic E-state index is -0.345. The Balaban J connectivity index is 1.96. The van der Waals surface area contributed by atoms with E-state index in [0.717, 1.165) is 11.3 Å². The molecule has 4 heteroatoms. The fourth-order valence-corrected chi connectivity index (χ4v) is 1.73. The van der Waals surface area contributed by atoms with Gasteiger partial charge in [0.15, 0.2) is 11.6 Å². The number of hydrogen-bond donors (Lipinski definition) is 1. The number of nitrogens with one attached hydrogen (secondary N) is 1. The van der Waals surface area contributed by atoms with Gasteiger partial charge in [0.25, 0.3) is 0 Å². The molecule has 0 aliphatic heterocycles. The summed E-state index contributed by atoms with van der Waals surface area (Å²) in [6.45, 7) is 2.57. The second-order valence-corrected chi connectivity index (χ2v) is 4.09. The maximum Gasteiger partial charge on any atom is 0.165 e. The van der Waals surface area contributed by atoms with Crippen LogP contribution in [0.1, 0.15) is 24.3 Å². The van der Waals surface area contributed by atoms with Crippen molar-refractivity contribution in [3.05, 3.63) is 53.7 Å². The Labute approximate surface area is 106 Å². The molecule has 0 bridgehead atoms. The molecule has 1 atom stereocenters. The van der Waals surface area contributed by atoms with Crippen LogP contribution in [0.3, 0.4) is 0 Å². The van der Waals surface area contributed by atoms with Crippen molar-refractivity contribution >= 4 is 0 Å². The molecule has 2 aromatic rings. The number of rotatable bonds is 5. The normalized spacial score (nSPS) is 12.4. The van der Waals surface area contributed by atoms with Crippen molar-refractivity contribution in [1.29, 1.82) is 0 Å². The molecule has 1 aromatic heterocycles. The van der Waals surface area contributed by atoms with Gasteiger partial charge in [-0.1, -0.05) is 6.07 Å². The van der Waals surface area contributed by atoms with Gasteiger partial charge in [-0.2, -0.15) is 0 Å². The molecule has 0 aliphatic carbocycles. The first kappa shape index (κ1) is 12.6. The summed E-state index contributed by atoms with van der Waals surface area (Å²) < 4.78 is 23.6. The van der Waals surface area contributed by atoms with Gasteiger partial charge in [0.2, 0.25) is 0 Å². The zero-order valence-corrected chi connectivity index (χ0v) is 10.4. The molecule has 0 saturated heterocycles. The molecular weight excluding hydrogens is 233 g/mol. The van der Waals surface area contributed by atoms with Gasteiger partial charge in [-0.05, 0) is 36.8 Å². The monoisotopic (exact) mass is 249 g/mol. The van der Waals surface area contributed by atoms with E-state index in [0.29, 0.717) is 6.54 Å². The molecule has 1 unspecified atom stereocenters. The van der Waals surface area contributed by atoms with Crippen LogP contribution in [0.25, 0.3) is 0 Å². The fraction of sp³-hybridized carbons (Fsp3) is 0.286. The summed E-state index contributed by atoms with van der Waals surface area (Å²) in [5.74, 6) is 0.782. The van der Waals surface area contributed by atoms with E-state index in [2.05, 4.69) is 5.32 Å². The van der Waals surface area contributed by atoms with E-state index in [1.54, 1.807) is 12.3 Å². The minimum absolute atomic E-state index is 0.0881. The summed E-state index contributed by atoms with van der Waals surface area (Å²) in [5.41, 5.74) is 0.867. The highest BCUT2D eigenvalue weighted by atomic mass is 19.1. The van der Waals surface area contributed by atoms with Crippen molar-refractivity contribution in [1.82, 2.24) is 5.32 Å². The predicted molar refractivity (Wildman–Crippen MR) is 66.9 cm³/mol. The zero-order valence-electron chi connectivity index (χ0n) is 10.4. The quantitative estimate of drug-likeness (QED) is 0.883. The SMILES string of the molecule is COc1ccc(CNC(C)c2ccco2)cc1F. The Bertz CT molecular complexity index is 497. The molecule has 0 aliphatic rings. The van der Waals surface area contributed by atoms with Crippen molar-refractivity contribution < 1.29 is 13.5 Å². The highest BCUT2D eigenvalue weighted by Gasteiger charge is 2.08. The minimum Gasteiger partial charge on any atom is -0.494 e. The van der Waals surface area contributed by atoms with E-state index >= 15 is 0 Å². The smallest absolute Gasteiger partial charge is 0.165 e. The summed E-state index contributed by atoms with van der Waals surface area (Å²) in [6, 6.07) is 8.78. The van der Waals surface area contributed by atoms with Gasteiger partial charge >= 0.3 is 0 Å². The van der Waals surface area contributed by atoms with Crippen LogP contribution in [-0.4, -0.2) is 7.11 Å². The molecule has 0 radical (unpaired) electrons. The third-order valence-electron chi connectivity index (χ3n) is 2.80. The van der Waals surface area contributed by atoms with Crippen LogP contribution in [0.2, 0.25) is 0 Å². The summed E-state index contributed by atoms with van der Waals surface area (Å²) in [4.78, 5) is 0. The highest BCUT2D eigenvalue weighted by Crippen LogP contribution is 2.18.